The van der Waals surface area contributed by atoms with Crippen molar-refractivity contribution in [2.45, 2.75) is 0 Å². The number of rotatable bonds is 2. The van der Waals surface area contributed by atoms with Crippen molar-refractivity contribution in [1.29, 1.82) is 0 Å². The molecule has 1 aliphatic rings. The van der Waals surface area contributed by atoms with E-state index in [1.54, 1.807) is 12.1 Å². The van der Waals surface area contributed by atoms with E-state index in [0.29, 0.717) is 16.2 Å². The van der Waals surface area contributed by atoms with Gasteiger partial charge in [-0.2, -0.15) is 4.28 Å². The minimum Gasteiger partial charge on any atom is -0.748 e. The van der Waals surface area contributed by atoms with Gasteiger partial charge in [0.25, 0.3) is 11.8 Å². The van der Waals surface area contributed by atoms with E-state index in [1.165, 1.54) is 18.2 Å². The lowest BCUT2D eigenvalue weighted by atomic mass is 9.85. The van der Waals surface area contributed by atoms with Gasteiger partial charge in [-0.3, -0.25) is 9.59 Å². The van der Waals surface area contributed by atoms with Crippen LogP contribution in [0.5, 0.6) is 0 Å². The molecular weight excluding hydrogens is 281 g/mol. The van der Waals surface area contributed by atoms with Crippen molar-refractivity contribution in [3.63, 3.8) is 0 Å². The van der Waals surface area contributed by atoms with Crippen molar-refractivity contribution in [2.75, 3.05) is 0 Å². The Kier molecular flexibility index (Phi) is 2.93. The molecule has 1 atom stereocenters. The van der Waals surface area contributed by atoms with E-state index in [2.05, 4.69) is 4.28 Å². The first-order valence-corrected chi connectivity index (χ1v) is 6.48. The van der Waals surface area contributed by atoms with Crippen LogP contribution in [0.1, 0.15) is 20.7 Å². The molecule has 0 bridgehead atoms. The van der Waals surface area contributed by atoms with E-state index in [0.717, 1.165) is 0 Å². The molecule has 1 heterocycles. The molecule has 0 spiro atoms. The molecule has 8 heteroatoms. The molecule has 1 unspecified atom stereocenters. The second kappa shape index (κ2) is 4.52. The highest BCUT2D eigenvalue weighted by molar-refractivity contribution is 7.74. The van der Waals surface area contributed by atoms with Gasteiger partial charge in [-0.1, -0.05) is 23.7 Å². The molecule has 98 valence electrons. The molecule has 1 aliphatic heterocycles. The molecule has 2 aromatic carbocycles. The highest BCUT2D eigenvalue weighted by Crippen LogP contribution is 2.29. The molecule has 2 aromatic rings. The minimum atomic E-state index is -3.03. The van der Waals surface area contributed by atoms with Gasteiger partial charge in [0.1, 0.15) is 19.2 Å². The topological polar surface area (TPSA) is 86.7 Å². The summed E-state index contributed by atoms with van der Waals surface area (Å²) >= 11 is -3.03. The number of imide groups is 1. The van der Waals surface area contributed by atoms with Crippen molar-refractivity contribution in [2.24, 2.45) is 0 Å². The Morgan fingerprint density at radius 3 is 2.40 bits per heavy atom. The van der Waals surface area contributed by atoms with Crippen molar-refractivity contribution >= 4 is 47.3 Å². The van der Waals surface area contributed by atoms with E-state index in [4.69, 9.17) is 7.85 Å². The van der Waals surface area contributed by atoms with E-state index in [-0.39, 0.29) is 16.2 Å². The standard InChI is InChI=1S/C12H6BNO5S/c13-9-5-4-8-10-6(9)2-1-3-7(10)11(15)14(12(8)16)19-20(17)18/h1-5H,(H,17,18)/p-1. The fourth-order valence-electron chi connectivity index (χ4n) is 2.23. The van der Waals surface area contributed by atoms with Crippen molar-refractivity contribution in [3.8, 4) is 0 Å². The molecule has 2 amide bonds. The molecule has 0 aliphatic carbocycles. The fraction of sp³-hybridized carbons (Fsp3) is 0. The number of nitrogens with zero attached hydrogens (tertiary/aromatic N) is 1. The summed E-state index contributed by atoms with van der Waals surface area (Å²) in [6.07, 6.45) is 0. The average molecular weight is 286 g/mol. The average Bonchev–Trinajstić information content (AvgIpc) is 2.42. The van der Waals surface area contributed by atoms with E-state index in [1.807, 2.05) is 0 Å². The zero-order chi connectivity index (χ0) is 14.4. The summed E-state index contributed by atoms with van der Waals surface area (Å²) in [6.45, 7) is 0. The third-order valence-corrected chi connectivity index (χ3v) is 3.31. The third kappa shape index (κ3) is 1.77. The Labute approximate surface area is 117 Å². The summed E-state index contributed by atoms with van der Waals surface area (Å²) < 4.78 is 25.4. The SMILES string of the molecule is [B]c1ccc2c3c(cccc13)C(=O)N(OS(=O)[O-])C2=O. The van der Waals surface area contributed by atoms with Crippen molar-refractivity contribution < 1.29 is 22.6 Å². The Bertz CT molecular complexity index is 769. The number of hydrogen-bond donors (Lipinski definition) is 0. The van der Waals surface area contributed by atoms with Gasteiger partial charge in [0, 0.05) is 5.39 Å². The Morgan fingerprint density at radius 1 is 1.10 bits per heavy atom. The molecule has 2 radical (unpaired) electrons. The summed E-state index contributed by atoms with van der Waals surface area (Å²) in [5.41, 5.74) is 0.748. The Hall–Kier alpha value is -2.03. The molecule has 20 heavy (non-hydrogen) atoms. The molecule has 6 nitrogen and oxygen atoms in total. The van der Waals surface area contributed by atoms with Gasteiger partial charge in [-0.05, 0) is 17.5 Å². The number of amides is 2. The number of benzene rings is 2. The van der Waals surface area contributed by atoms with Crippen molar-refractivity contribution in [3.05, 3.63) is 41.5 Å². The molecular formula is C12H5BNO5S-. The third-order valence-electron chi connectivity index (χ3n) is 3.04. The summed E-state index contributed by atoms with van der Waals surface area (Å²) in [5, 5.41) is 1.18. The Morgan fingerprint density at radius 2 is 1.75 bits per heavy atom. The second-order valence-corrected chi connectivity index (χ2v) is 4.67. The monoisotopic (exact) mass is 286 g/mol. The maximum Gasteiger partial charge on any atom is 0.286 e. The highest BCUT2D eigenvalue weighted by Gasteiger charge is 2.34. The van der Waals surface area contributed by atoms with E-state index in [9.17, 15) is 18.4 Å². The van der Waals surface area contributed by atoms with Gasteiger partial charge >= 0.3 is 0 Å². The smallest absolute Gasteiger partial charge is 0.286 e. The Balaban J connectivity index is 2.31. The van der Waals surface area contributed by atoms with Crippen LogP contribution in [0.4, 0.5) is 0 Å². The first-order valence-electron chi connectivity index (χ1n) is 5.48. The minimum absolute atomic E-state index is 0.162. The maximum absolute atomic E-state index is 12.1. The van der Waals surface area contributed by atoms with Crippen LogP contribution in [0.2, 0.25) is 0 Å². The molecule has 3 rings (SSSR count). The summed E-state index contributed by atoms with van der Waals surface area (Å²) in [6, 6.07) is 7.70. The van der Waals surface area contributed by atoms with Crippen LogP contribution in [-0.4, -0.2) is 33.5 Å². The van der Waals surface area contributed by atoms with Crippen molar-refractivity contribution in [1.82, 2.24) is 5.06 Å². The molecule has 0 aromatic heterocycles. The fourth-order valence-corrected chi connectivity index (χ4v) is 2.48. The number of hydrogen-bond acceptors (Lipinski definition) is 5. The van der Waals surface area contributed by atoms with E-state index >= 15 is 0 Å². The molecule has 0 N–H and O–H groups in total. The summed E-state index contributed by atoms with van der Waals surface area (Å²) in [7, 11) is 5.81. The van der Waals surface area contributed by atoms with Crippen LogP contribution in [0.25, 0.3) is 10.8 Å². The largest absolute Gasteiger partial charge is 0.748 e. The molecule has 0 fully saturated rings. The van der Waals surface area contributed by atoms with Gasteiger partial charge in [-0.25, -0.2) is 4.21 Å². The van der Waals surface area contributed by atoms with E-state index < -0.39 is 23.2 Å². The zero-order valence-corrected chi connectivity index (χ0v) is 10.7. The lowest BCUT2D eigenvalue weighted by molar-refractivity contribution is -0.0168. The van der Waals surface area contributed by atoms with Gasteiger partial charge in [0.15, 0.2) is 0 Å². The lowest BCUT2D eigenvalue weighted by Crippen LogP contribution is -2.41. The molecule has 0 saturated carbocycles. The summed E-state index contributed by atoms with van der Waals surface area (Å²) in [4.78, 5) is 24.3. The lowest BCUT2D eigenvalue weighted by Gasteiger charge is -2.26. The number of carbonyl (C=O) groups is 2. The van der Waals surface area contributed by atoms with Gasteiger partial charge in [0.05, 0.1) is 11.1 Å². The number of hydroxylamine groups is 2. The maximum atomic E-state index is 12.1. The van der Waals surface area contributed by atoms with Crippen LogP contribution < -0.4 is 5.46 Å². The molecule has 0 saturated heterocycles. The van der Waals surface area contributed by atoms with Crippen LogP contribution in [0.15, 0.2) is 30.3 Å². The normalized spacial score (nSPS) is 15.8. The van der Waals surface area contributed by atoms with Crippen LogP contribution >= 0.6 is 0 Å². The zero-order valence-electron chi connectivity index (χ0n) is 9.86. The predicted octanol–water partition coefficient (Wildman–Crippen LogP) is -0.0447. The van der Waals surface area contributed by atoms with Crippen LogP contribution in [-0.2, 0) is 15.6 Å². The predicted molar refractivity (Wildman–Crippen MR) is 69.8 cm³/mol. The highest BCUT2D eigenvalue weighted by atomic mass is 32.2. The van der Waals surface area contributed by atoms with Gasteiger partial charge < -0.3 is 4.55 Å². The van der Waals surface area contributed by atoms with Crippen LogP contribution in [0, 0.1) is 0 Å². The second-order valence-electron chi connectivity index (χ2n) is 4.11. The first kappa shape index (κ1) is 13.0. The van der Waals surface area contributed by atoms with Gasteiger partial charge in [0.2, 0.25) is 0 Å². The quantitative estimate of drug-likeness (QED) is 0.439. The van der Waals surface area contributed by atoms with Gasteiger partial charge in [-0.15, -0.1) is 5.06 Å². The van der Waals surface area contributed by atoms with Crippen LogP contribution in [0.3, 0.4) is 0 Å². The first-order chi connectivity index (χ1) is 9.50. The number of carbonyl (C=O) groups excluding carboxylic acids is 2. The summed E-state index contributed by atoms with van der Waals surface area (Å²) in [5.74, 6) is -1.69.